The lowest BCUT2D eigenvalue weighted by Crippen LogP contribution is -2.22. The van der Waals surface area contributed by atoms with Crippen molar-refractivity contribution in [1.82, 2.24) is 0 Å². The van der Waals surface area contributed by atoms with Gasteiger partial charge in [0.25, 0.3) is 0 Å². The molecule has 0 spiro atoms. The van der Waals surface area contributed by atoms with Crippen molar-refractivity contribution in [2.45, 2.75) is 32.6 Å². The van der Waals surface area contributed by atoms with Crippen LogP contribution in [-0.2, 0) is 4.79 Å². The molecule has 1 aromatic rings. The van der Waals surface area contributed by atoms with Gasteiger partial charge in [0.05, 0.1) is 0 Å². The van der Waals surface area contributed by atoms with Gasteiger partial charge < -0.3 is 0 Å². The van der Waals surface area contributed by atoms with Gasteiger partial charge in [0.15, 0.2) is 0 Å². The van der Waals surface area contributed by atoms with E-state index in [1.807, 2.05) is 32.0 Å². The highest BCUT2D eigenvalue weighted by Crippen LogP contribution is 2.47. The van der Waals surface area contributed by atoms with Crippen LogP contribution in [0.1, 0.15) is 38.2 Å². The van der Waals surface area contributed by atoms with E-state index in [4.69, 9.17) is 0 Å². The summed E-state index contributed by atoms with van der Waals surface area (Å²) in [6, 6.07) is 10.3. The molecule has 0 heterocycles. The fourth-order valence-electron chi connectivity index (χ4n) is 2.50. The summed E-state index contributed by atoms with van der Waals surface area (Å²) in [6.07, 6.45) is 1.57. The number of benzene rings is 1. The highest BCUT2D eigenvalue weighted by Gasteiger charge is 2.43. The molecule has 1 fully saturated rings. The average molecular weight is 214 g/mol. The van der Waals surface area contributed by atoms with Gasteiger partial charge in [0.2, 0.25) is 0 Å². The van der Waals surface area contributed by atoms with Crippen LogP contribution in [0.5, 0.6) is 0 Å². The maximum atomic E-state index is 12.1. The summed E-state index contributed by atoms with van der Waals surface area (Å²) in [7, 11) is 0. The number of ketones is 1. The Morgan fingerprint density at radius 3 is 2.50 bits per heavy atom. The molecule has 1 aliphatic rings. The number of carbonyl (C=O) groups excluding carboxylic acids is 1. The van der Waals surface area contributed by atoms with Crippen molar-refractivity contribution in [1.29, 1.82) is 0 Å². The van der Waals surface area contributed by atoms with Gasteiger partial charge >= 0.3 is 0 Å². The van der Waals surface area contributed by atoms with Gasteiger partial charge in [-0.3, -0.25) is 4.79 Å². The third kappa shape index (κ3) is 1.71. The van der Waals surface area contributed by atoms with Crippen LogP contribution in [0.2, 0.25) is 0 Å². The van der Waals surface area contributed by atoms with Gasteiger partial charge in [-0.05, 0) is 31.7 Å². The number of carbonyl (C=O) groups is 1. The summed E-state index contributed by atoms with van der Waals surface area (Å²) in [4.78, 5) is 12.1. The summed E-state index contributed by atoms with van der Waals surface area (Å²) < 4.78 is 0. The van der Waals surface area contributed by atoms with Crippen molar-refractivity contribution < 1.29 is 4.79 Å². The van der Waals surface area contributed by atoms with Gasteiger partial charge in [-0.2, -0.15) is 0 Å². The first-order valence-electron chi connectivity index (χ1n) is 5.78. The molecule has 84 valence electrons. The second-order valence-corrected chi connectivity index (χ2v) is 5.05. The van der Waals surface area contributed by atoms with E-state index in [0.717, 1.165) is 12.0 Å². The first-order chi connectivity index (χ1) is 7.54. The summed E-state index contributed by atoms with van der Waals surface area (Å²) in [5, 5.41) is 0. The zero-order valence-corrected chi connectivity index (χ0v) is 9.99. The second kappa shape index (κ2) is 3.89. The van der Waals surface area contributed by atoms with Crippen molar-refractivity contribution in [3.8, 4) is 0 Å². The van der Waals surface area contributed by atoms with E-state index in [9.17, 15) is 4.79 Å². The monoisotopic (exact) mass is 214 g/mol. The Hall–Kier alpha value is -1.37. The molecule has 0 saturated heterocycles. The molecule has 2 atom stereocenters. The van der Waals surface area contributed by atoms with Crippen molar-refractivity contribution in [3.05, 3.63) is 48.0 Å². The Labute approximate surface area is 97.2 Å². The van der Waals surface area contributed by atoms with Gasteiger partial charge in [-0.1, -0.05) is 42.5 Å². The van der Waals surface area contributed by atoms with Crippen LogP contribution in [0.4, 0.5) is 0 Å². The minimum absolute atomic E-state index is 0.305. The van der Waals surface area contributed by atoms with Crippen LogP contribution < -0.4 is 0 Å². The zero-order chi connectivity index (χ0) is 11.8. The highest BCUT2D eigenvalue weighted by atomic mass is 16.1. The predicted molar refractivity (Wildman–Crippen MR) is 66.3 cm³/mol. The molecule has 0 bridgehead atoms. The molecule has 0 radical (unpaired) electrons. The topological polar surface area (TPSA) is 17.1 Å². The van der Waals surface area contributed by atoms with E-state index in [-0.39, 0.29) is 5.41 Å². The maximum absolute atomic E-state index is 12.1. The molecular formula is C15H18O. The van der Waals surface area contributed by atoms with Crippen LogP contribution in [0.15, 0.2) is 42.5 Å². The van der Waals surface area contributed by atoms with Crippen LogP contribution in [0, 0.1) is 5.41 Å². The third-order valence-corrected chi connectivity index (χ3v) is 3.91. The number of allylic oxidation sites excluding steroid dienone is 1. The molecule has 0 aromatic heterocycles. The molecule has 0 unspecified atom stereocenters. The van der Waals surface area contributed by atoms with Gasteiger partial charge in [-0.25, -0.2) is 0 Å². The molecule has 1 saturated carbocycles. The van der Waals surface area contributed by atoms with E-state index >= 15 is 0 Å². The molecule has 2 rings (SSSR count). The molecule has 0 amide bonds. The standard InChI is InChI=1S/C15H18O/c1-11(2)15(3)10-13(9-14(15)16)12-7-5-4-6-8-12/h4-8,13H,1,9-10H2,2-3H3/t13-,15+/m0/s1. The number of rotatable bonds is 2. The Bertz CT molecular complexity index is 418. The van der Waals surface area contributed by atoms with Crippen molar-refractivity contribution in [2.75, 3.05) is 0 Å². The molecule has 0 aliphatic heterocycles. The lowest BCUT2D eigenvalue weighted by Gasteiger charge is -2.22. The average Bonchev–Trinajstić information content (AvgIpc) is 2.58. The zero-order valence-electron chi connectivity index (χ0n) is 9.99. The number of Topliss-reactive ketones (excluding diaryl/α,β-unsaturated/α-hetero) is 1. The predicted octanol–water partition coefficient (Wildman–Crippen LogP) is 3.72. The maximum Gasteiger partial charge on any atom is 0.143 e. The minimum Gasteiger partial charge on any atom is -0.299 e. The summed E-state index contributed by atoms with van der Waals surface area (Å²) in [5.41, 5.74) is 1.97. The lowest BCUT2D eigenvalue weighted by molar-refractivity contribution is -0.123. The van der Waals surface area contributed by atoms with E-state index < -0.39 is 0 Å². The Balaban J connectivity index is 2.26. The Morgan fingerprint density at radius 2 is 2.00 bits per heavy atom. The smallest absolute Gasteiger partial charge is 0.143 e. The number of hydrogen-bond donors (Lipinski definition) is 0. The van der Waals surface area contributed by atoms with Crippen molar-refractivity contribution in [3.63, 3.8) is 0 Å². The minimum atomic E-state index is -0.305. The lowest BCUT2D eigenvalue weighted by atomic mass is 9.80. The molecule has 0 N–H and O–H groups in total. The molecular weight excluding hydrogens is 196 g/mol. The molecule has 1 aromatic carbocycles. The van der Waals surface area contributed by atoms with E-state index in [2.05, 4.69) is 18.7 Å². The van der Waals surface area contributed by atoms with Crippen LogP contribution >= 0.6 is 0 Å². The summed E-state index contributed by atoms with van der Waals surface area (Å²) >= 11 is 0. The van der Waals surface area contributed by atoms with E-state index in [1.165, 1.54) is 5.56 Å². The van der Waals surface area contributed by atoms with Gasteiger partial charge in [-0.15, -0.1) is 0 Å². The summed E-state index contributed by atoms with van der Waals surface area (Å²) in [6.45, 7) is 7.96. The largest absolute Gasteiger partial charge is 0.299 e. The Kier molecular flexibility index (Phi) is 2.71. The van der Waals surface area contributed by atoms with Gasteiger partial charge in [0, 0.05) is 11.8 Å². The van der Waals surface area contributed by atoms with Gasteiger partial charge in [0.1, 0.15) is 5.78 Å². The molecule has 1 nitrogen and oxygen atoms in total. The summed E-state index contributed by atoms with van der Waals surface area (Å²) in [5.74, 6) is 0.712. The number of hydrogen-bond acceptors (Lipinski definition) is 1. The normalized spacial score (nSPS) is 29.4. The van der Waals surface area contributed by atoms with Crippen molar-refractivity contribution >= 4 is 5.78 Å². The fourth-order valence-corrected chi connectivity index (χ4v) is 2.50. The molecule has 16 heavy (non-hydrogen) atoms. The first kappa shape index (κ1) is 11.1. The first-order valence-corrected chi connectivity index (χ1v) is 5.78. The Morgan fingerprint density at radius 1 is 1.38 bits per heavy atom. The molecule has 1 heteroatoms. The van der Waals surface area contributed by atoms with Crippen LogP contribution in [0.3, 0.4) is 0 Å². The van der Waals surface area contributed by atoms with E-state index in [1.54, 1.807) is 0 Å². The van der Waals surface area contributed by atoms with E-state index in [0.29, 0.717) is 18.1 Å². The third-order valence-electron chi connectivity index (χ3n) is 3.91. The SMILES string of the molecule is C=C(C)[C@@]1(C)C[C@@H](c2ccccc2)CC1=O. The van der Waals surface area contributed by atoms with Crippen LogP contribution in [-0.4, -0.2) is 5.78 Å². The molecule has 1 aliphatic carbocycles. The quantitative estimate of drug-likeness (QED) is 0.686. The van der Waals surface area contributed by atoms with Crippen molar-refractivity contribution in [2.24, 2.45) is 5.41 Å². The second-order valence-electron chi connectivity index (χ2n) is 5.05. The fraction of sp³-hybridized carbons (Fsp3) is 0.400. The highest BCUT2D eigenvalue weighted by molar-refractivity contribution is 5.90. The van der Waals surface area contributed by atoms with Crippen LogP contribution in [0.25, 0.3) is 0 Å².